The summed E-state index contributed by atoms with van der Waals surface area (Å²) in [4.78, 5) is 48.6. The molecule has 0 aliphatic heterocycles. The van der Waals surface area contributed by atoms with E-state index in [1.165, 1.54) is 11.5 Å². The molecular weight excluding hydrogens is 314 g/mol. The van der Waals surface area contributed by atoms with Gasteiger partial charge in [0, 0.05) is 11.9 Å². The van der Waals surface area contributed by atoms with Crippen LogP contribution in [0.4, 0.5) is 0 Å². The second-order valence-corrected chi connectivity index (χ2v) is 4.86. The maximum atomic E-state index is 11.8. The van der Waals surface area contributed by atoms with Gasteiger partial charge < -0.3 is 20.8 Å². The van der Waals surface area contributed by atoms with Gasteiger partial charge in [0.05, 0.1) is 6.42 Å². The molecule has 9 nitrogen and oxygen atoms in total. The average Bonchev–Trinajstić information content (AvgIpc) is 2.93. The summed E-state index contributed by atoms with van der Waals surface area (Å²) in [5.41, 5.74) is -0.162. The van der Waals surface area contributed by atoms with Crippen molar-refractivity contribution in [2.45, 2.75) is 12.5 Å². The van der Waals surface area contributed by atoms with Crippen LogP contribution in [-0.2, 0) is 9.59 Å². The standard InChI is InChI=1S/C12H13N3O6S/c1-2-3-13-10(19)11-15-7(5-22-11)9(18)14-6(12(20)21)4-8(16)17/h2,5-6H,1,3-4H2,(H,13,19)(H,14,18)(H,16,17)(H,20,21). The summed E-state index contributed by atoms with van der Waals surface area (Å²) in [5.74, 6) is -4.21. The highest BCUT2D eigenvalue weighted by molar-refractivity contribution is 7.11. The van der Waals surface area contributed by atoms with Crippen molar-refractivity contribution in [3.8, 4) is 0 Å². The number of carboxylic acid groups (broad SMARTS) is 2. The molecule has 1 aromatic rings. The van der Waals surface area contributed by atoms with E-state index in [4.69, 9.17) is 10.2 Å². The van der Waals surface area contributed by atoms with Crippen molar-refractivity contribution in [3.63, 3.8) is 0 Å². The SMILES string of the molecule is C=CCNC(=O)c1nc(C(=O)NC(CC(=O)O)C(=O)O)cs1. The second-order valence-electron chi connectivity index (χ2n) is 4.00. The van der Waals surface area contributed by atoms with Gasteiger partial charge in [-0.15, -0.1) is 17.9 Å². The van der Waals surface area contributed by atoms with E-state index < -0.39 is 36.2 Å². The van der Waals surface area contributed by atoms with Crippen molar-refractivity contribution in [1.29, 1.82) is 0 Å². The van der Waals surface area contributed by atoms with E-state index >= 15 is 0 Å². The zero-order valence-corrected chi connectivity index (χ0v) is 12.1. The van der Waals surface area contributed by atoms with Crippen LogP contribution in [0.15, 0.2) is 18.0 Å². The van der Waals surface area contributed by atoms with Crippen molar-refractivity contribution in [3.05, 3.63) is 28.7 Å². The molecule has 0 saturated heterocycles. The Morgan fingerprint density at radius 2 is 2.00 bits per heavy atom. The lowest BCUT2D eigenvalue weighted by atomic mass is 10.2. The second kappa shape index (κ2) is 7.88. The Hall–Kier alpha value is -2.75. The molecule has 0 spiro atoms. The van der Waals surface area contributed by atoms with Crippen LogP contribution in [0.2, 0.25) is 0 Å². The highest BCUT2D eigenvalue weighted by atomic mass is 32.1. The minimum absolute atomic E-state index is 0.0251. The molecule has 1 heterocycles. The van der Waals surface area contributed by atoms with Gasteiger partial charge in [-0.2, -0.15) is 0 Å². The Bertz CT molecular complexity index is 612. The fourth-order valence-corrected chi connectivity index (χ4v) is 2.04. The van der Waals surface area contributed by atoms with Crippen LogP contribution < -0.4 is 10.6 Å². The molecule has 1 rings (SSSR count). The Morgan fingerprint density at radius 1 is 1.32 bits per heavy atom. The molecule has 0 aromatic carbocycles. The molecule has 0 aliphatic carbocycles. The first-order chi connectivity index (χ1) is 10.3. The van der Waals surface area contributed by atoms with Crippen LogP contribution in [0, 0.1) is 0 Å². The lowest BCUT2D eigenvalue weighted by molar-refractivity contribution is -0.145. The zero-order chi connectivity index (χ0) is 16.7. The van der Waals surface area contributed by atoms with Gasteiger partial charge >= 0.3 is 11.9 Å². The number of carbonyl (C=O) groups excluding carboxylic acids is 2. The molecule has 1 atom stereocenters. The topological polar surface area (TPSA) is 146 Å². The van der Waals surface area contributed by atoms with E-state index in [2.05, 4.69) is 16.9 Å². The van der Waals surface area contributed by atoms with Crippen LogP contribution in [-0.4, -0.2) is 51.5 Å². The largest absolute Gasteiger partial charge is 0.481 e. The molecule has 1 unspecified atom stereocenters. The van der Waals surface area contributed by atoms with Crippen LogP contribution >= 0.6 is 11.3 Å². The maximum Gasteiger partial charge on any atom is 0.326 e. The van der Waals surface area contributed by atoms with Crippen LogP contribution in [0.1, 0.15) is 26.7 Å². The number of nitrogens with zero attached hydrogens (tertiary/aromatic N) is 1. The molecule has 22 heavy (non-hydrogen) atoms. The highest BCUT2D eigenvalue weighted by Gasteiger charge is 2.25. The van der Waals surface area contributed by atoms with Gasteiger partial charge in [-0.3, -0.25) is 14.4 Å². The van der Waals surface area contributed by atoms with E-state index in [-0.39, 0.29) is 17.2 Å². The number of carboxylic acids is 2. The Kier molecular flexibility index (Phi) is 6.20. The molecular formula is C12H13N3O6S. The molecule has 118 valence electrons. The number of nitrogens with one attached hydrogen (secondary N) is 2. The summed E-state index contributed by atoms with van der Waals surface area (Å²) in [6.45, 7) is 3.67. The van der Waals surface area contributed by atoms with Crippen molar-refractivity contribution < 1.29 is 29.4 Å². The summed E-state index contributed by atoms with van der Waals surface area (Å²) in [7, 11) is 0. The third kappa shape index (κ3) is 4.98. The molecule has 2 amide bonds. The van der Waals surface area contributed by atoms with Gasteiger partial charge in [-0.25, -0.2) is 9.78 Å². The van der Waals surface area contributed by atoms with Gasteiger partial charge in [-0.1, -0.05) is 6.08 Å². The lowest BCUT2D eigenvalue weighted by Gasteiger charge is -2.10. The summed E-state index contributed by atoms with van der Waals surface area (Å²) in [6.07, 6.45) is 0.709. The van der Waals surface area contributed by atoms with Crippen LogP contribution in [0.25, 0.3) is 0 Å². The zero-order valence-electron chi connectivity index (χ0n) is 11.2. The number of aliphatic carboxylic acids is 2. The van der Waals surface area contributed by atoms with E-state index in [1.807, 2.05) is 5.32 Å². The molecule has 0 radical (unpaired) electrons. The predicted octanol–water partition coefficient (Wildman–Crippen LogP) is -0.283. The van der Waals surface area contributed by atoms with Crippen LogP contribution in [0.5, 0.6) is 0 Å². The maximum absolute atomic E-state index is 11.8. The first-order valence-electron chi connectivity index (χ1n) is 5.95. The van der Waals surface area contributed by atoms with Gasteiger partial charge in [0.2, 0.25) is 0 Å². The first-order valence-corrected chi connectivity index (χ1v) is 6.83. The monoisotopic (exact) mass is 327 g/mol. The summed E-state index contributed by atoms with van der Waals surface area (Å²) < 4.78 is 0. The summed E-state index contributed by atoms with van der Waals surface area (Å²) in [5, 5.41) is 23.2. The van der Waals surface area contributed by atoms with Gasteiger partial charge in [0.1, 0.15) is 11.7 Å². The minimum atomic E-state index is -1.58. The number of amides is 2. The molecule has 0 aliphatic rings. The number of aromatic nitrogens is 1. The van der Waals surface area contributed by atoms with Crippen molar-refractivity contribution in [1.82, 2.24) is 15.6 Å². The lowest BCUT2D eigenvalue weighted by Crippen LogP contribution is -2.42. The summed E-state index contributed by atoms with van der Waals surface area (Å²) >= 11 is 0.904. The van der Waals surface area contributed by atoms with E-state index in [0.717, 1.165) is 11.3 Å². The smallest absolute Gasteiger partial charge is 0.326 e. The van der Waals surface area contributed by atoms with Gasteiger partial charge in [0.25, 0.3) is 11.8 Å². The quantitative estimate of drug-likeness (QED) is 0.480. The van der Waals surface area contributed by atoms with E-state index in [9.17, 15) is 19.2 Å². The molecule has 1 aromatic heterocycles. The third-order valence-corrected chi connectivity index (χ3v) is 3.16. The molecule has 0 fully saturated rings. The Morgan fingerprint density at radius 3 is 2.55 bits per heavy atom. The number of thiazole rings is 1. The van der Waals surface area contributed by atoms with Crippen molar-refractivity contribution >= 4 is 35.1 Å². The normalized spacial score (nSPS) is 11.3. The fraction of sp³-hybridized carbons (Fsp3) is 0.250. The summed E-state index contributed by atoms with van der Waals surface area (Å²) in [6, 6.07) is -1.58. The molecule has 0 bridgehead atoms. The fourth-order valence-electron chi connectivity index (χ4n) is 1.33. The number of hydrogen-bond acceptors (Lipinski definition) is 6. The average molecular weight is 327 g/mol. The number of hydrogen-bond donors (Lipinski definition) is 4. The highest BCUT2D eigenvalue weighted by Crippen LogP contribution is 2.10. The Labute approximate surface area is 128 Å². The van der Waals surface area contributed by atoms with Gasteiger partial charge in [0.15, 0.2) is 5.01 Å². The predicted molar refractivity (Wildman–Crippen MR) is 75.8 cm³/mol. The molecule has 10 heteroatoms. The van der Waals surface area contributed by atoms with Gasteiger partial charge in [-0.05, 0) is 0 Å². The van der Waals surface area contributed by atoms with Crippen LogP contribution in [0.3, 0.4) is 0 Å². The number of rotatable bonds is 8. The third-order valence-electron chi connectivity index (χ3n) is 2.32. The van der Waals surface area contributed by atoms with Crippen molar-refractivity contribution in [2.75, 3.05) is 6.54 Å². The van der Waals surface area contributed by atoms with E-state index in [1.54, 1.807) is 0 Å². The Balaban J connectivity index is 2.75. The van der Waals surface area contributed by atoms with Crippen molar-refractivity contribution in [2.24, 2.45) is 0 Å². The molecule has 0 saturated carbocycles. The molecule has 4 N–H and O–H groups in total. The first kappa shape index (κ1) is 17.3. The van der Waals surface area contributed by atoms with E-state index in [0.29, 0.717) is 0 Å². The number of carbonyl (C=O) groups is 4. The minimum Gasteiger partial charge on any atom is -0.481 e.